The van der Waals surface area contributed by atoms with Gasteiger partial charge in [-0.3, -0.25) is 9.52 Å². The molecule has 2 unspecified atom stereocenters. The molecule has 0 radical (unpaired) electrons. The Morgan fingerprint density at radius 3 is 2.65 bits per heavy atom. The normalized spacial score (nSPS) is 24.0. The Hall–Kier alpha value is -1.62. The number of aromatic hydroxyl groups is 1. The predicted octanol–water partition coefficient (Wildman–Crippen LogP) is 4.67. The van der Waals surface area contributed by atoms with Gasteiger partial charge in [0, 0.05) is 29.2 Å². The Kier molecular flexibility index (Phi) is 4.80. The topological polar surface area (TPSA) is 58.6 Å². The second-order valence-corrected chi connectivity index (χ2v) is 9.49. The van der Waals surface area contributed by atoms with Gasteiger partial charge >= 0.3 is 0 Å². The summed E-state index contributed by atoms with van der Waals surface area (Å²) in [7, 11) is 0. The van der Waals surface area contributed by atoms with Gasteiger partial charge < -0.3 is 9.84 Å². The first-order chi connectivity index (χ1) is 12.0. The van der Waals surface area contributed by atoms with E-state index < -0.39 is 0 Å². The van der Waals surface area contributed by atoms with Crippen molar-refractivity contribution < 1.29 is 14.6 Å². The average molecular weight is 376 g/mol. The molecule has 0 saturated heterocycles. The third-order valence-electron chi connectivity index (χ3n) is 5.65. The number of fused-ring (bicyclic) bond motifs is 3. The number of phenols is 1. The van der Waals surface area contributed by atoms with Crippen LogP contribution in [0, 0.1) is 5.92 Å². The number of carbonyl (C=O) groups is 1. The van der Waals surface area contributed by atoms with E-state index in [1.807, 2.05) is 18.4 Å². The summed E-state index contributed by atoms with van der Waals surface area (Å²) >= 11 is 1.31. The standard InChI is InChI=1S/C21H29NO3S/c1-20(2,3)13-10-16(23)18-14-9-12(19(24)22-26-6)7-8-15(14)21(4,5)25-17(18)11-13/h7,10-11,14-15,23H,8-9H2,1-6H3,(H,22,24). The Morgan fingerprint density at radius 2 is 2.04 bits per heavy atom. The van der Waals surface area contributed by atoms with Crippen LogP contribution in [0.2, 0.25) is 0 Å². The summed E-state index contributed by atoms with van der Waals surface area (Å²) in [6.45, 7) is 10.6. The molecule has 5 heteroatoms. The molecule has 0 spiro atoms. The molecule has 142 valence electrons. The Morgan fingerprint density at radius 1 is 1.35 bits per heavy atom. The van der Waals surface area contributed by atoms with Gasteiger partial charge in [-0.2, -0.15) is 0 Å². The largest absolute Gasteiger partial charge is 0.508 e. The molecule has 1 aliphatic heterocycles. The molecular weight excluding hydrogens is 346 g/mol. The smallest absolute Gasteiger partial charge is 0.256 e. The SMILES string of the molecule is CSNC(=O)C1=CCC2C(C1)c1c(O)cc(C(C)(C)C)cc1OC2(C)C. The van der Waals surface area contributed by atoms with Gasteiger partial charge in [-0.1, -0.05) is 38.8 Å². The van der Waals surface area contributed by atoms with Crippen molar-refractivity contribution in [3.63, 3.8) is 0 Å². The lowest BCUT2D eigenvalue weighted by atomic mass is 9.66. The number of hydrogen-bond donors (Lipinski definition) is 2. The molecule has 0 fully saturated rings. The van der Waals surface area contributed by atoms with E-state index in [-0.39, 0.29) is 34.5 Å². The number of phenolic OH excluding ortho intramolecular Hbond substituents is 1. The van der Waals surface area contributed by atoms with E-state index in [4.69, 9.17) is 4.74 Å². The Balaban J connectivity index is 2.06. The number of benzene rings is 1. The lowest BCUT2D eigenvalue weighted by molar-refractivity contribution is -0.116. The first-order valence-electron chi connectivity index (χ1n) is 9.13. The molecule has 1 heterocycles. The van der Waals surface area contributed by atoms with Crippen molar-refractivity contribution in [2.24, 2.45) is 5.92 Å². The van der Waals surface area contributed by atoms with Crippen LogP contribution in [0.4, 0.5) is 0 Å². The van der Waals surface area contributed by atoms with Crippen molar-refractivity contribution in [3.8, 4) is 11.5 Å². The van der Waals surface area contributed by atoms with Gasteiger partial charge in [0.25, 0.3) is 5.91 Å². The molecule has 0 aromatic heterocycles. The van der Waals surface area contributed by atoms with Crippen molar-refractivity contribution in [1.82, 2.24) is 4.72 Å². The van der Waals surface area contributed by atoms with Gasteiger partial charge in [0.2, 0.25) is 0 Å². The van der Waals surface area contributed by atoms with E-state index in [2.05, 4.69) is 45.4 Å². The summed E-state index contributed by atoms with van der Waals surface area (Å²) in [5.41, 5.74) is 2.27. The van der Waals surface area contributed by atoms with Crippen LogP contribution in [0.1, 0.15) is 64.5 Å². The third-order valence-corrected chi connectivity index (χ3v) is 6.04. The van der Waals surface area contributed by atoms with Crippen LogP contribution in [0.15, 0.2) is 23.8 Å². The van der Waals surface area contributed by atoms with Crippen molar-refractivity contribution in [2.75, 3.05) is 6.26 Å². The number of carbonyl (C=O) groups excluding carboxylic acids is 1. The lowest BCUT2D eigenvalue weighted by Crippen LogP contribution is -2.46. The van der Waals surface area contributed by atoms with E-state index in [1.54, 1.807) is 0 Å². The maximum atomic E-state index is 12.3. The quantitative estimate of drug-likeness (QED) is 0.737. The van der Waals surface area contributed by atoms with Crippen molar-refractivity contribution in [1.29, 1.82) is 0 Å². The monoisotopic (exact) mass is 375 g/mol. The van der Waals surface area contributed by atoms with E-state index in [0.717, 1.165) is 28.9 Å². The molecule has 26 heavy (non-hydrogen) atoms. The predicted molar refractivity (Wildman–Crippen MR) is 107 cm³/mol. The van der Waals surface area contributed by atoms with Crippen LogP contribution in [-0.4, -0.2) is 22.9 Å². The minimum Gasteiger partial charge on any atom is -0.508 e. The van der Waals surface area contributed by atoms with Crippen LogP contribution in [0.5, 0.6) is 11.5 Å². The summed E-state index contributed by atoms with van der Waals surface area (Å²) in [4.78, 5) is 12.3. The Labute approximate surface area is 160 Å². The Bertz CT molecular complexity index is 761. The molecule has 1 aliphatic carbocycles. The van der Waals surface area contributed by atoms with E-state index >= 15 is 0 Å². The zero-order chi connectivity index (χ0) is 19.3. The number of rotatable bonds is 2. The highest BCUT2D eigenvalue weighted by Gasteiger charge is 2.47. The van der Waals surface area contributed by atoms with Gasteiger partial charge in [-0.15, -0.1) is 0 Å². The van der Waals surface area contributed by atoms with E-state index in [0.29, 0.717) is 6.42 Å². The zero-order valence-electron chi connectivity index (χ0n) is 16.5. The third kappa shape index (κ3) is 3.34. The van der Waals surface area contributed by atoms with Gasteiger partial charge in [-0.25, -0.2) is 0 Å². The second kappa shape index (κ2) is 6.52. The molecule has 2 atom stereocenters. The number of hydrogen-bond acceptors (Lipinski definition) is 4. The molecule has 1 aromatic rings. The van der Waals surface area contributed by atoms with Crippen molar-refractivity contribution in [2.45, 2.75) is 64.4 Å². The number of allylic oxidation sites excluding steroid dienone is 1. The van der Waals surface area contributed by atoms with Crippen LogP contribution in [0.3, 0.4) is 0 Å². The summed E-state index contributed by atoms with van der Waals surface area (Å²) in [5, 5.41) is 10.8. The van der Waals surface area contributed by atoms with Gasteiger partial charge in [-0.05, 0) is 49.8 Å². The minimum atomic E-state index is -0.349. The van der Waals surface area contributed by atoms with Gasteiger partial charge in [0.15, 0.2) is 0 Å². The highest BCUT2D eigenvalue weighted by Crippen LogP contribution is 2.54. The fourth-order valence-electron chi connectivity index (χ4n) is 4.17. The first-order valence-corrected chi connectivity index (χ1v) is 10.4. The molecule has 3 rings (SSSR count). The summed E-state index contributed by atoms with van der Waals surface area (Å²) in [5.74, 6) is 1.31. The minimum absolute atomic E-state index is 0.0346. The molecule has 1 amide bonds. The van der Waals surface area contributed by atoms with Gasteiger partial charge in [0.05, 0.1) is 0 Å². The van der Waals surface area contributed by atoms with Crippen molar-refractivity contribution >= 4 is 17.9 Å². The fourth-order valence-corrected chi connectivity index (χ4v) is 4.49. The molecule has 0 bridgehead atoms. The summed E-state index contributed by atoms with van der Waals surface area (Å²) in [6, 6.07) is 3.92. The highest BCUT2D eigenvalue weighted by molar-refractivity contribution is 7.97. The van der Waals surface area contributed by atoms with Crippen LogP contribution >= 0.6 is 11.9 Å². The van der Waals surface area contributed by atoms with Crippen LogP contribution in [0.25, 0.3) is 0 Å². The molecule has 1 aromatic carbocycles. The average Bonchev–Trinajstić information content (AvgIpc) is 2.52. The molecule has 2 aliphatic rings. The lowest BCUT2D eigenvalue weighted by Gasteiger charge is -2.47. The number of nitrogens with one attached hydrogen (secondary N) is 1. The maximum absolute atomic E-state index is 12.3. The van der Waals surface area contributed by atoms with E-state index in [9.17, 15) is 9.90 Å². The summed E-state index contributed by atoms with van der Waals surface area (Å²) < 4.78 is 9.17. The second-order valence-electron chi connectivity index (χ2n) is 8.88. The molecular formula is C21H29NO3S. The van der Waals surface area contributed by atoms with Crippen molar-refractivity contribution in [3.05, 3.63) is 34.9 Å². The molecule has 2 N–H and O–H groups in total. The van der Waals surface area contributed by atoms with Crippen LogP contribution < -0.4 is 9.46 Å². The fraction of sp³-hybridized carbons (Fsp3) is 0.571. The molecule has 4 nitrogen and oxygen atoms in total. The maximum Gasteiger partial charge on any atom is 0.256 e. The first kappa shape index (κ1) is 19.2. The van der Waals surface area contributed by atoms with Crippen LogP contribution in [-0.2, 0) is 10.2 Å². The van der Waals surface area contributed by atoms with E-state index in [1.165, 1.54) is 11.9 Å². The number of ether oxygens (including phenoxy) is 1. The van der Waals surface area contributed by atoms with Gasteiger partial charge in [0.1, 0.15) is 17.1 Å². The molecule has 0 saturated carbocycles. The summed E-state index contributed by atoms with van der Waals surface area (Å²) in [6.07, 6.45) is 5.27. The zero-order valence-corrected chi connectivity index (χ0v) is 17.3. The number of amides is 1. The highest BCUT2D eigenvalue weighted by atomic mass is 32.2.